The van der Waals surface area contributed by atoms with Crippen molar-refractivity contribution in [3.8, 4) is 0 Å². The van der Waals surface area contributed by atoms with Crippen LogP contribution in [0.3, 0.4) is 0 Å². The molecule has 0 N–H and O–H groups in total. The molecule has 0 bridgehead atoms. The maximum atomic E-state index is 12.2. The van der Waals surface area contributed by atoms with Crippen LogP contribution in [0.4, 0.5) is 0 Å². The molecular weight excluding hydrogens is 254 g/mol. The SMILES string of the molecule is CCCCN(C(=O)C(Br)C(C)C)C1CC1. The molecule has 1 atom stereocenters. The molecule has 0 saturated heterocycles. The Labute approximate surface area is 102 Å². The predicted molar refractivity (Wildman–Crippen MR) is 67.2 cm³/mol. The van der Waals surface area contributed by atoms with Gasteiger partial charge in [0.2, 0.25) is 5.91 Å². The molecule has 2 nitrogen and oxygen atoms in total. The van der Waals surface area contributed by atoms with Gasteiger partial charge < -0.3 is 4.90 Å². The van der Waals surface area contributed by atoms with Gasteiger partial charge in [0.15, 0.2) is 0 Å². The van der Waals surface area contributed by atoms with E-state index in [1.54, 1.807) is 0 Å². The van der Waals surface area contributed by atoms with E-state index < -0.39 is 0 Å². The lowest BCUT2D eigenvalue weighted by molar-refractivity contribution is -0.131. The van der Waals surface area contributed by atoms with E-state index in [9.17, 15) is 4.79 Å². The van der Waals surface area contributed by atoms with E-state index in [-0.39, 0.29) is 4.83 Å². The third-order valence-electron chi connectivity index (χ3n) is 2.84. The third-order valence-corrected chi connectivity index (χ3v) is 4.29. The number of halogens is 1. The van der Waals surface area contributed by atoms with Crippen molar-refractivity contribution < 1.29 is 4.79 Å². The highest BCUT2D eigenvalue weighted by Crippen LogP contribution is 2.29. The van der Waals surface area contributed by atoms with E-state index in [4.69, 9.17) is 0 Å². The van der Waals surface area contributed by atoms with Crippen molar-refractivity contribution in [3.05, 3.63) is 0 Å². The Kier molecular flexibility index (Phi) is 5.10. The number of hydrogen-bond donors (Lipinski definition) is 0. The van der Waals surface area contributed by atoms with Gasteiger partial charge in [-0.2, -0.15) is 0 Å². The molecule has 1 unspecified atom stereocenters. The largest absolute Gasteiger partial charge is 0.339 e. The predicted octanol–water partition coefficient (Wildman–Crippen LogP) is 3.20. The Morgan fingerprint density at radius 3 is 2.47 bits per heavy atom. The summed E-state index contributed by atoms with van der Waals surface area (Å²) < 4.78 is 0. The second kappa shape index (κ2) is 5.88. The average Bonchev–Trinajstić information content (AvgIpc) is 3.00. The highest BCUT2D eigenvalue weighted by Gasteiger charge is 2.35. The van der Waals surface area contributed by atoms with E-state index in [1.807, 2.05) is 0 Å². The summed E-state index contributed by atoms with van der Waals surface area (Å²) in [5.74, 6) is 0.668. The van der Waals surface area contributed by atoms with Crippen LogP contribution in [0.25, 0.3) is 0 Å². The van der Waals surface area contributed by atoms with Crippen molar-refractivity contribution in [2.24, 2.45) is 5.92 Å². The number of carbonyl (C=O) groups is 1. The molecule has 0 aromatic rings. The third kappa shape index (κ3) is 3.78. The summed E-state index contributed by atoms with van der Waals surface area (Å²) in [4.78, 5) is 14.2. The summed E-state index contributed by atoms with van der Waals surface area (Å²) in [6.07, 6.45) is 4.69. The van der Waals surface area contributed by atoms with Crippen LogP contribution in [0.15, 0.2) is 0 Å². The van der Waals surface area contributed by atoms with Gasteiger partial charge in [-0.1, -0.05) is 43.1 Å². The highest BCUT2D eigenvalue weighted by atomic mass is 79.9. The van der Waals surface area contributed by atoms with Gasteiger partial charge in [-0.3, -0.25) is 4.79 Å². The first-order valence-electron chi connectivity index (χ1n) is 6.02. The van der Waals surface area contributed by atoms with E-state index in [0.29, 0.717) is 17.9 Å². The first-order chi connectivity index (χ1) is 7.07. The van der Waals surface area contributed by atoms with Crippen LogP contribution >= 0.6 is 15.9 Å². The van der Waals surface area contributed by atoms with Gasteiger partial charge >= 0.3 is 0 Å². The minimum Gasteiger partial charge on any atom is -0.339 e. The molecule has 0 spiro atoms. The van der Waals surface area contributed by atoms with Gasteiger partial charge in [-0.25, -0.2) is 0 Å². The van der Waals surface area contributed by atoms with Crippen LogP contribution in [-0.4, -0.2) is 28.2 Å². The number of carbonyl (C=O) groups excluding carboxylic acids is 1. The molecule has 0 aliphatic heterocycles. The first kappa shape index (κ1) is 13.0. The molecule has 1 rings (SSSR count). The van der Waals surface area contributed by atoms with Crippen LogP contribution in [0.1, 0.15) is 46.5 Å². The van der Waals surface area contributed by atoms with E-state index in [0.717, 1.165) is 19.4 Å². The zero-order valence-corrected chi connectivity index (χ0v) is 11.6. The van der Waals surface area contributed by atoms with Crippen molar-refractivity contribution in [1.29, 1.82) is 0 Å². The normalized spacial score (nSPS) is 17.9. The van der Waals surface area contributed by atoms with Crippen molar-refractivity contribution in [1.82, 2.24) is 4.90 Å². The summed E-state index contributed by atoms with van der Waals surface area (Å²) >= 11 is 3.51. The zero-order chi connectivity index (χ0) is 11.4. The molecule has 0 radical (unpaired) electrons. The van der Waals surface area contributed by atoms with Crippen LogP contribution in [0.5, 0.6) is 0 Å². The topological polar surface area (TPSA) is 20.3 Å². The fourth-order valence-corrected chi connectivity index (χ4v) is 1.89. The average molecular weight is 276 g/mol. The maximum absolute atomic E-state index is 12.2. The van der Waals surface area contributed by atoms with Crippen molar-refractivity contribution in [3.63, 3.8) is 0 Å². The number of nitrogens with zero attached hydrogens (tertiary/aromatic N) is 1. The second-order valence-electron chi connectivity index (χ2n) is 4.76. The number of alkyl halides is 1. The Morgan fingerprint density at radius 1 is 1.47 bits per heavy atom. The Bertz CT molecular complexity index is 214. The maximum Gasteiger partial charge on any atom is 0.236 e. The monoisotopic (exact) mass is 275 g/mol. The molecule has 3 heteroatoms. The zero-order valence-electron chi connectivity index (χ0n) is 10.0. The molecule has 0 aromatic carbocycles. The van der Waals surface area contributed by atoms with E-state index in [1.165, 1.54) is 12.8 Å². The summed E-state index contributed by atoms with van der Waals surface area (Å²) in [5.41, 5.74) is 0. The van der Waals surface area contributed by atoms with Gasteiger partial charge in [0.25, 0.3) is 0 Å². The second-order valence-corrected chi connectivity index (χ2v) is 5.75. The molecule has 88 valence electrons. The minimum absolute atomic E-state index is 0.00467. The Morgan fingerprint density at radius 2 is 2.07 bits per heavy atom. The molecule has 1 aliphatic rings. The number of rotatable bonds is 6. The van der Waals surface area contributed by atoms with Crippen molar-refractivity contribution in [2.75, 3.05) is 6.54 Å². The minimum atomic E-state index is -0.00467. The van der Waals surface area contributed by atoms with Gasteiger partial charge in [0.1, 0.15) is 0 Å². The number of hydrogen-bond acceptors (Lipinski definition) is 1. The first-order valence-corrected chi connectivity index (χ1v) is 6.94. The fourth-order valence-electron chi connectivity index (χ4n) is 1.63. The molecule has 1 aliphatic carbocycles. The van der Waals surface area contributed by atoms with Crippen LogP contribution < -0.4 is 0 Å². The Hall–Kier alpha value is -0.0500. The van der Waals surface area contributed by atoms with Crippen LogP contribution in [-0.2, 0) is 4.79 Å². The molecule has 1 saturated carbocycles. The fraction of sp³-hybridized carbons (Fsp3) is 0.917. The highest BCUT2D eigenvalue weighted by molar-refractivity contribution is 9.10. The molecular formula is C12H22BrNO. The van der Waals surface area contributed by atoms with Gasteiger partial charge in [0.05, 0.1) is 4.83 Å². The van der Waals surface area contributed by atoms with Crippen LogP contribution in [0.2, 0.25) is 0 Å². The van der Waals surface area contributed by atoms with E-state index >= 15 is 0 Å². The van der Waals surface area contributed by atoms with Gasteiger partial charge in [-0.05, 0) is 25.2 Å². The smallest absolute Gasteiger partial charge is 0.236 e. The summed E-state index contributed by atoms with van der Waals surface area (Å²) in [5, 5.41) is 0. The molecule has 1 amide bonds. The lowest BCUT2D eigenvalue weighted by Gasteiger charge is -2.26. The van der Waals surface area contributed by atoms with Gasteiger partial charge in [0, 0.05) is 12.6 Å². The Balaban J connectivity index is 2.50. The summed E-state index contributed by atoms with van der Waals surface area (Å²) in [6.45, 7) is 7.28. The van der Waals surface area contributed by atoms with Crippen molar-refractivity contribution in [2.45, 2.75) is 57.3 Å². The quantitative estimate of drug-likeness (QED) is 0.682. The van der Waals surface area contributed by atoms with Gasteiger partial charge in [-0.15, -0.1) is 0 Å². The lowest BCUT2D eigenvalue weighted by Crippen LogP contribution is -2.40. The lowest BCUT2D eigenvalue weighted by atomic mass is 10.1. The molecule has 15 heavy (non-hydrogen) atoms. The van der Waals surface area contributed by atoms with Crippen molar-refractivity contribution >= 4 is 21.8 Å². The summed E-state index contributed by atoms with van der Waals surface area (Å²) in [7, 11) is 0. The number of unbranched alkanes of at least 4 members (excludes halogenated alkanes) is 1. The molecule has 0 aromatic heterocycles. The van der Waals surface area contributed by atoms with E-state index in [2.05, 4.69) is 41.6 Å². The standard InChI is InChI=1S/C12H22BrNO/c1-4-5-8-14(10-6-7-10)12(15)11(13)9(2)3/h9-11H,4-8H2,1-3H3. The number of amides is 1. The van der Waals surface area contributed by atoms with Crippen LogP contribution in [0, 0.1) is 5.92 Å². The molecule has 0 heterocycles. The summed E-state index contributed by atoms with van der Waals surface area (Å²) in [6, 6.07) is 0.544. The molecule has 1 fully saturated rings.